The van der Waals surface area contributed by atoms with Gasteiger partial charge in [0.25, 0.3) is 0 Å². The van der Waals surface area contributed by atoms with Gasteiger partial charge in [0.05, 0.1) is 17.8 Å². The third-order valence-corrected chi connectivity index (χ3v) is 3.77. The zero-order valence-corrected chi connectivity index (χ0v) is 14.3. The van der Waals surface area contributed by atoms with E-state index < -0.39 is 18.0 Å². The number of ether oxygens (including phenoxy) is 1. The summed E-state index contributed by atoms with van der Waals surface area (Å²) < 4.78 is 5.90. The highest BCUT2D eigenvalue weighted by molar-refractivity contribution is 9.10. The summed E-state index contributed by atoms with van der Waals surface area (Å²) in [5.74, 6) is -0.120. The number of urea groups is 1. The second-order valence-corrected chi connectivity index (χ2v) is 5.72. The first-order chi connectivity index (χ1) is 11.5. The van der Waals surface area contributed by atoms with Crippen molar-refractivity contribution in [2.24, 2.45) is 5.10 Å². The van der Waals surface area contributed by atoms with Crippen molar-refractivity contribution < 1.29 is 19.1 Å². The average Bonchev–Trinajstić information content (AvgIpc) is 2.54. The predicted molar refractivity (Wildman–Crippen MR) is 89.3 cm³/mol. The number of hydrogen-bond donors (Lipinski definition) is 4. The summed E-state index contributed by atoms with van der Waals surface area (Å²) in [6.45, 7) is 0. The lowest BCUT2D eigenvalue weighted by Crippen LogP contribution is -2.62. The van der Waals surface area contributed by atoms with Crippen LogP contribution >= 0.6 is 15.9 Å². The van der Waals surface area contributed by atoms with Gasteiger partial charge in [-0.3, -0.25) is 20.3 Å². The lowest BCUT2D eigenvalue weighted by atomic mass is 10.1. The molecule has 1 atom stereocenters. The molecule has 0 aliphatic carbocycles. The molecule has 0 radical (unpaired) electrons. The Morgan fingerprint density at radius 3 is 2.92 bits per heavy atom. The number of rotatable bonds is 6. The van der Waals surface area contributed by atoms with E-state index in [1.807, 2.05) is 0 Å². The minimum absolute atomic E-state index is 0.0740. The first-order valence-electron chi connectivity index (χ1n) is 7.01. The van der Waals surface area contributed by atoms with Gasteiger partial charge in [-0.05, 0) is 46.1 Å². The second kappa shape index (κ2) is 8.41. The number of benzene rings is 1. The molecule has 0 aromatic heterocycles. The number of carbonyl (C=O) groups is 3. The van der Waals surface area contributed by atoms with Crippen molar-refractivity contribution in [3.05, 3.63) is 28.2 Å². The van der Waals surface area contributed by atoms with Gasteiger partial charge in [0.1, 0.15) is 11.8 Å². The van der Waals surface area contributed by atoms with E-state index in [0.29, 0.717) is 5.75 Å². The van der Waals surface area contributed by atoms with Crippen molar-refractivity contribution in [3.8, 4) is 5.75 Å². The van der Waals surface area contributed by atoms with Crippen LogP contribution in [0.3, 0.4) is 0 Å². The van der Waals surface area contributed by atoms with E-state index in [1.54, 1.807) is 25.3 Å². The lowest BCUT2D eigenvalue weighted by molar-refractivity contribution is -0.124. The number of hydrazine groups is 1. The predicted octanol–water partition coefficient (Wildman–Crippen LogP) is 0.401. The first kappa shape index (κ1) is 17.9. The summed E-state index contributed by atoms with van der Waals surface area (Å²) in [6.07, 6.45) is 1.79. The maximum Gasteiger partial charge on any atom is 0.335 e. The van der Waals surface area contributed by atoms with Crippen molar-refractivity contribution in [1.82, 2.24) is 21.6 Å². The van der Waals surface area contributed by atoms with Crippen LogP contribution in [0.25, 0.3) is 0 Å². The molecule has 0 bridgehead atoms. The second-order valence-electron chi connectivity index (χ2n) is 4.87. The van der Waals surface area contributed by atoms with Crippen LogP contribution in [-0.2, 0) is 9.59 Å². The Morgan fingerprint density at radius 2 is 2.25 bits per heavy atom. The molecule has 2 rings (SSSR count). The summed E-state index contributed by atoms with van der Waals surface area (Å²) in [5, 5.41) is 5.96. The molecule has 9 nitrogen and oxygen atoms in total. The molecule has 1 aromatic carbocycles. The van der Waals surface area contributed by atoms with Gasteiger partial charge in [-0.1, -0.05) is 0 Å². The maximum absolute atomic E-state index is 11.7. The number of halogens is 1. The van der Waals surface area contributed by atoms with Crippen molar-refractivity contribution in [1.29, 1.82) is 0 Å². The van der Waals surface area contributed by atoms with Crippen molar-refractivity contribution >= 4 is 40.0 Å². The van der Waals surface area contributed by atoms with Crippen LogP contribution in [0.2, 0.25) is 0 Å². The Kier molecular flexibility index (Phi) is 6.27. The van der Waals surface area contributed by atoms with E-state index in [4.69, 9.17) is 4.74 Å². The fraction of sp³-hybridized carbons (Fsp3) is 0.286. The van der Waals surface area contributed by atoms with Gasteiger partial charge in [-0.15, -0.1) is 0 Å². The highest BCUT2D eigenvalue weighted by atomic mass is 79.9. The maximum atomic E-state index is 11.7. The quantitative estimate of drug-likeness (QED) is 0.409. The Hall–Kier alpha value is -2.46. The Bertz CT molecular complexity index is 679. The average molecular weight is 398 g/mol. The van der Waals surface area contributed by atoms with Gasteiger partial charge in [-0.25, -0.2) is 15.6 Å². The van der Waals surface area contributed by atoms with Crippen molar-refractivity contribution in [2.45, 2.75) is 18.9 Å². The van der Waals surface area contributed by atoms with Crippen molar-refractivity contribution in [3.63, 3.8) is 0 Å². The molecule has 4 amide bonds. The van der Waals surface area contributed by atoms with E-state index in [2.05, 4.69) is 42.6 Å². The van der Waals surface area contributed by atoms with Crippen LogP contribution in [-0.4, -0.2) is 37.2 Å². The number of hydrazone groups is 1. The molecule has 1 aliphatic rings. The fourth-order valence-electron chi connectivity index (χ4n) is 1.92. The standard InChI is InChI=1S/C14H16BrN5O4/c1-24-11-4-2-8(6-9(11)15)7-16-19-12(21)5-3-10-13(22)17-14(23)20-18-10/h2,4,6-7,10,18H,3,5H2,1H3,(H,19,21)(H2,17,20,22,23)/b16-7+. The minimum atomic E-state index is -0.657. The molecule has 1 unspecified atom stereocenters. The van der Waals surface area contributed by atoms with Crippen molar-refractivity contribution in [2.75, 3.05) is 7.11 Å². The molecule has 4 N–H and O–H groups in total. The number of nitrogens with zero attached hydrogens (tertiary/aromatic N) is 1. The highest BCUT2D eigenvalue weighted by Crippen LogP contribution is 2.24. The van der Waals surface area contributed by atoms with E-state index >= 15 is 0 Å². The molecule has 1 saturated heterocycles. The SMILES string of the molecule is COc1ccc(/C=N/NC(=O)CCC2NNC(=O)NC2=O)cc1Br. The number of carbonyl (C=O) groups excluding carboxylic acids is 3. The minimum Gasteiger partial charge on any atom is -0.496 e. The molecule has 1 fully saturated rings. The van der Waals surface area contributed by atoms with Gasteiger partial charge >= 0.3 is 6.03 Å². The highest BCUT2D eigenvalue weighted by Gasteiger charge is 2.25. The van der Waals surface area contributed by atoms with Crippen LogP contribution < -0.4 is 26.3 Å². The summed E-state index contributed by atoms with van der Waals surface area (Å²) in [6, 6.07) is 4.09. The van der Waals surface area contributed by atoms with Gasteiger partial charge in [-0.2, -0.15) is 5.10 Å². The normalized spacial score (nSPS) is 17.3. The van der Waals surface area contributed by atoms with Crippen LogP contribution in [0.4, 0.5) is 4.79 Å². The topological polar surface area (TPSA) is 121 Å². The zero-order chi connectivity index (χ0) is 17.5. The molecule has 1 heterocycles. The molecule has 128 valence electrons. The largest absolute Gasteiger partial charge is 0.496 e. The molecular weight excluding hydrogens is 382 g/mol. The van der Waals surface area contributed by atoms with E-state index in [9.17, 15) is 14.4 Å². The summed E-state index contributed by atoms with van der Waals surface area (Å²) in [5.41, 5.74) is 7.95. The lowest BCUT2D eigenvalue weighted by Gasteiger charge is -2.22. The number of nitrogens with one attached hydrogen (secondary N) is 4. The Morgan fingerprint density at radius 1 is 1.46 bits per heavy atom. The fourth-order valence-corrected chi connectivity index (χ4v) is 2.48. The smallest absolute Gasteiger partial charge is 0.335 e. The third-order valence-electron chi connectivity index (χ3n) is 3.15. The number of imide groups is 1. The number of amides is 4. The van der Waals surface area contributed by atoms with E-state index in [-0.39, 0.29) is 18.7 Å². The van der Waals surface area contributed by atoms with Crippen LogP contribution in [0, 0.1) is 0 Å². The summed E-state index contributed by atoms with van der Waals surface area (Å²) >= 11 is 3.36. The third kappa shape index (κ3) is 5.03. The molecule has 24 heavy (non-hydrogen) atoms. The summed E-state index contributed by atoms with van der Waals surface area (Å²) in [7, 11) is 1.57. The van der Waals surface area contributed by atoms with E-state index in [1.165, 1.54) is 6.21 Å². The van der Waals surface area contributed by atoms with Crippen LogP contribution in [0.5, 0.6) is 5.75 Å². The zero-order valence-electron chi connectivity index (χ0n) is 12.8. The van der Waals surface area contributed by atoms with Crippen LogP contribution in [0.15, 0.2) is 27.8 Å². The molecule has 1 aromatic rings. The number of methoxy groups -OCH3 is 1. The monoisotopic (exact) mass is 397 g/mol. The molecule has 0 saturated carbocycles. The molecule has 10 heteroatoms. The molecule has 0 spiro atoms. The van der Waals surface area contributed by atoms with Gasteiger partial charge < -0.3 is 4.74 Å². The van der Waals surface area contributed by atoms with Gasteiger partial charge in [0, 0.05) is 6.42 Å². The first-order valence-corrected chi connectivity index (χ1v) is 7.80. The van der Waals surface area contributed by atoms with E-state index in [0.717, 1.165) is 10.0 Å². The van der Waals surface area contributed by atoms with Crippen LogP contribution in [0.1, 0.15) is 18.4 Å². The van der Waals surface area contributed by atoms with Gasteiger partial charge in [0.2, 0.25) is 11.8 Å². The molecular formula is C14H16BrN5O4. The van der Waals surface area contributed by atoms with Gasteiger partial charge in [0.15, 0.2) is 0 Å². The Labute approximate surface area is 146 Å². The summed E-state index contributed by atoms with van der Waals surface area (Å²) in [4.78, 5) is 34.1. The number of hydrogen-bond acceptors (Lipinski definition) is 6. The molecule has 1 aliphatic heterocycles. The Balaban J connectivity index is 1.77.